The Balaban J connectivity index is 1.45. The molecule has 0 amide bonds. The summed E-state index contributed by atoms with van der Waals surface area (Å²) >= 11 is 0. The van der Waals surface area contributed by atoms with Crippen LogP contribution >= 0.6 is 0 Å². The minimum absolute atomic E-state index is 1.04. The van der Waals surface area contributed by atoms with Crippen molar-refractivity contribution < 1.29 is 0 Å². The molecule has 0 unspecified atom stereocenters. The van der Waals surface area contributed by atoms with Gasteiger partial charge < -0.3 is 10.6 Å². The van der Waals surface area contributed by atoms with E-state index in [2.05, 4.69) is 168 Å². The van der Waals surface area contributed by atoms with Gasteiger partial charge >= 0.3 is 0 Å². The van der Waals surface area contributed by atoms with Gasteiger partial charge in [-0.2, -0.15) is 0 Å². The normalized spacial score (nSPS) is 10.6. The van der Waals surface area contributed by atoms with E-state index in [0.29, 0.717) is 0 Å². The number of nitrogens with one attached hydrogen (secondary N) is 2. The van der Waals surface area contributed by atoms with Gasteiger partial charge in [-0.1, -0.05) is 133 Å². The predicted molar refractivity (Wildman–Crippen MR) is 162 cm³/mol. The molecule has 0 bridgehead atoms. The summed E-state index contributed by atoms with van der Waals surface area (Å²) < 4.78 is 0. The first-order valence-corrected chi connectivity index (χ1v) is 12.9. The van der Waals surface area contributed by atoms with Gasteiger partial charge in [-0.15, -0.1) is 0 Å². The Labute approximate surface area is 224 Å². The number of benzene rings is 6. The third kappa shape index (κ3) is 4.93. The summed E-state index contributed by atoms with van der Waals surface area (Å²) in [5.41, 5.74) is 11.2. The van der Waals surface area contributed by atoms with Crippen molar-refractivity contribution in [3.8, 4) is 33.4 Å². The number of para-hydroxylation sites is 2. The molecular weight excluding hydrogens is 460 g/mol. The fourth-order valence-electron chi connectivity index (χ4n) is 4.89. The number of rotatable bonds is 7. The summed E-state index contributed by atoms with van der Waals surface area (Å²) in [6.07, 6.45) is 0. The zero-order valence-corrected chi connectivity index (χ0v) is 21.0. The molecule has 0 aliphatic heterocycles. The monoisotopic (exact) mass is 488 g/mol. The van der Waals surface area contributed by atoms with Gasteiger partial charge in [0.2, 0.25) is 0 Å². The third-order valence-corrected chi connectivity index (χ3v) is 6.69. The van der Waals surface area contributed by atoms with Gasteiger partial charge in [0, 0.05) is 39.4 Å². The van der Waals surface area contributed by atoms with Crippen molar-refractivity contribution in [3.05, 3.63) is 158 Å². The lowest BCUT2D eigenvalue weighted by Gasteiger charge is -2.20. The second kappa shape index (κ2) is 10.9. The average Bonchev–Trinajstić information content (AvgIpc) is 2.99. The summed E-state index contributed by atoms with van der Waals surface area (Å²) in [6.45, 7) is 0. The molecule has 0 atom stereocenters. The molecule has 38 heavy (non-hydrogen) atoms. The Bertz CT molecular complexity index is 1540. The molecule has 0 aliphatic carbocycles. The molecule has 6 rings (SSSR count). The van der Waals surface area contributed by atoms with Gasteiger partial charge in [0.1, 0.15) is 0 Å². The molecule has 2 nitrogen and oxygen atoms in total. The molecule has 0 aromatic heterocycles. The van der Waals surface area contributed by atoms with Gasteiger partial charge in [0.15, 0.2) is 0 Å². The fraction of sp³-hybridized carbons (Fsp3) is 0. The van der Waals surface area contributed by atoms with Crippen LogP contribution in [-0.2, 0) is 0 Å². The molecule has 0 saturated heterocycles. The van der Waals surface area contributed by atoms with E-state index in [1.807, 2.05) is 0 Å². The lowest BCUT2D eigenvalue weighted by atomic mass is 9.98. The van der Waals surface area contributed by atoms with E-state index in [1.165, 1.54) is 22.3 Å². The standard InChI is InChI=1S/C36H28N2/c1-4-15-27(16-5-1)30-21-10-12-23-32(30)37-34-25-14-26-35(36(34)29-19-8-3-9-20-29)38-33-24-13-11-22-31(33)28-17-6-2-7-18-28/h1-26,37-38H. The third-order valence-electron chi connectivity index (χ3n) is 6.69. The summed E-state index contributed by atoms with van der Waals surface area (Å²) in [5.74, 6) is 0. The Hall–Kier alpha value is -5.08. The van der Waals surface area contributed by atoms with Crippen LogP contribution in [0.4, 0.5) is 22.7 Å². The molecule has 0 saturated carbocycles. The molecule has 2 heteroatoms. The van der Waals surface area contributed by atoms with Gasteiger partial charge in [0.25, 0.3) is 0 Å². The van der Waals surface area contributed by atoms with Crippen molar-refractivity contribution in [2.24, 2.45) is 0 Å². The SMILES string of the molecule is c1ccc(-c2ccccc2Nc2cccc(Nc3ccccc3-c3ccccc3)c2-c2ccccc2)cc1. The number of hydrogen-bond donors (Lipinski definition) is 2. The quantitative estimate of drug-likeness (QED) is 0.233. The van der Waals surface area contributed by atoms with Crippen LogP contribution in [0.1, 0.15) is 0 Å². The van der Waals surface area contributed by atoms with Crippen molar-refractivity contribution in [1.29, 1.82) is 0 Å². The summed E-state index contributed by atoms with van der Waals surface area (Å²) in [5, 5.41) is 7.54. The zero-order valence-electron chi connectivity index (χ0n) is 21.0. The highest BCUT2D eigenvalue weighted by Crippen LogP contribution is 2.41. The Morgan fingerprint density at radius 2 is 0.605 bits per heavy atom. The first-order valence-electron chi connectivity index (χ1n) is 12.9. The predicted octanol–water partition coefficient (Wildman–Crippen LogP) is 10.2. The molecule has 2 N–H and O–H groups in total. The lowest BCUT2D eigenvalue weighted by Crippen LogP contribution is -2.00. The highest BCUT2D eigenvalue weighted by Gasteiger charge is 2.15. The second-order valence-corrected chi connectivity index (χ2v) is 9.17. The van der Waals surface area contributed by atoms with Crippen molar-refractivity contribution >= 4 is 22.7 Å². The van der Waals surface area contributed by atoms with Crippen LogP contribution in [0.15, 0.2) is 158 Å². The smallest absolute Gasteiger partial charge is 0.0485 e. The van der Waals surface area contributed by atoms with E-state index in [-0.39, 0.29) is 0 Å². The largest absolute Gasteiger partial charge is 0.354 e. The maximum Gasteiger partial charge on any atom is 0.0485 e. The van der Waals surface area contributed by atoms with E-state index in [4.69, 9.17) is 0 Å². The van der Waals surface area contributed by atoms with Crippen LogP contribution in [0.3, 0.4) is 0 Å². The van der Waals surface area contributed by atoms with Crippen molar-refractivity contribution in [2.75, 3.05) is 10.6 Å². The van der Waals surface area contributed by atoms with Crippen LogP contribution in [-0.4, -0.2) is 0 Å². The van der Waals surface area contributed by atoms with E-state index < -0.39 is 0 Å². The molecule has 0 heterocycles. The minimum atomic E-state index is 1.04. The van der Waals surface area contributed by atoms with E-state index in [1.54, 1.807) is 0 Å². The topological polar surface area (TPSA) is 24.1 Å². The summed E-state index contributed by atoms with van der Waals surface area (Å²) in [4.78, 5) is 0. The van der Waals surface area contributed by atoms with Crippen molar-refractivity contribution in [2.45, 2.75) is 0 Å². The Morgan fingerprint density at radius 3 is 1.05 bits per heavy atom. The molecule has 0 aliphatic rings. The van der Waals surface area contributed by atoms with E-state index in [0.717, 1.165) is 33.9 Å². The fourth-order valence-corrected chi connectivity index (χ4v) is 4.89. The summed E-state index contributed by atoms with van der Waals surface area (Å²) in [7, 11) is 0. The van der Waals surface area contributed by atoms with E-state index in [9.17, 15) is 0 Å². The Morgan fingerprint density at radius 1 is 0.263 bits per heavy atom. The molecule has 0 radical (unpaired) electrons. The first-order chi connectivity index (χ1) is 18.9. The average molecular weight is 489 g/mol. The molecular formula is C36H28N2. The van der Waals surface area contributed by atoms with Gasteiger partial charge in [-0.05, 0) is 41.0 Å². The van der Waals surface area contributed by atoms with Crippen molar-refractivity contribution in [1.82, 2.24) is 0 Å². The first kappa shape index (κ1) is 23.3. The number of anilines is 4. The van der Waals surface area contributed by atoms with Crippen LogP contribution < -0.4 is 10.6 Å². The van der Waals surface area contributed by atoms with Crippen LogP contribution in [0.25, 0.3) is 33.4 Å². The molecule has 182 valence electrons. The minimum Gasteiger partial charge on any atom is -0.354 e. The van der Waals surface area contributed by atoms with Crippen LogP contribution in [0.2, 0.25) is 0 Å². The Kier molecular flexibility index (Phi) is 6.69. The van der Waals surface area contributed by atoms with Crippen LogP contribution in [0, 0.1) is 0 Å². The zero-order chi connectivity index (χ0) is 25.6. The molecule has 6 aromatic rings. The maximum atomic E-state index is 3.77. The van der Waals surface area contributed by atoms with Gasteiger partial charge in [-0.3, -0.25) is 0 Å². The highest BCUT2D eigenvalue weighted by atomic mass is 14.9. The van der Waals surface area contributed by atoms with Gasteiger partial charge in [0.05, 0.1) is 0 Å². The number of hydrogen-bond acceptors (Lipinski definition) is 2. The summed E-state index contributed by atoms with van der Waals surface area (Å²) in [6, 6.07) is 54.9. The van der Waals surface area contributed by atoms with Crippen LogP contribution in [0.5, 0.6) is 0 Å². The lowest BCUT2D eigenvalue weighted by molar-refractivity contribution is 1.49. The van der Waals surface area contributed by atoms with E-state index >= 15 is 0 Å². The second-order valence-electron chi connectivity index (χ2n) is 9.17. The molecule has 0 spiro atoms. The maximum absolute atomic E-state index is 3.77. The van der Waals surface area contributed by atoms with Crippen molar-refractivity contribution in [3.63, 3.8) is 0 Å². The molecule has 6 aromatic carbocycles. The molecule has 0 fully saturated rings. The highest BCUT2D eigenvalue weighted by molar-refractivity contribution is 5.95. The van der Waals surface area contributed by atoms with Gasteiger partial charge in [-0.25, -0.2) is 0 Å².